The number of ether oxygens (including phenoxy) is 1. The number of nitrogens with one attached hydrogen (secondary N) is 1. The van der Waals surface area contributed by atoms with Crippen LogP contribution in [-0.4, -0.2) is 28.0 Å². The van der Waals surface area contributed by atoms with Crippen LogP contribution in [0.2, 0.25) is 0 Å². The number of hydrogen-bond donors (Lipinski definition) is 1. The van der Waals surface area contributed by atoms with E-state index in [4.69, 9.17) is 9.26 Å². The summed E-state index contributed by atoms with van der Waals surface area (Å²) >= 11 is 1.52. The molecule has 1 aromatic heterocycles. The van der Waals surface area contributed by atoms with Gasteiger partial charge in [-0.1, -0.05) is 62.1 Å². The number of carbonyl (C=O) groups excluding carboxylic acids is 1. The Bertz CT molecular complexity index is 565. The van der Waals surface area contributed by atoms with E-state index in [2.05, 4.69) is 14.9 Å². The van der Waals surface area contributed by atoms with Gasteiger partial charge in [-0.05, 0) is 39.4 Å². The summed E-state index contributed by atoms with van der Waals surface area (Å²) in [5, 5.41) is 4.04. The van der Waals surface area contributed by atoms with Crippen molar-refractivity contribution in [2.24, 2.45) is 5.92 Å². The van der Waals surface area contributed by atoms with Gasteiger partial charge in [-0.15, -0.1) is 0 Å². The summed E-state index contributed by atoms with van der Waals surface area (Å²) in [4.78, 5) is 16.9. The number of rotatable bonds is 10. The molecule has 154 valence electrons. The molecule has 0 unspecified atom stereocenters. The Morgan fingerprint density at radius 1 is 1.33 bits per heavy atom. The maximum Gasteiger partial charge on any atom is 0.307 e. The predicted molar refractivity (Wildman–Crippen MR) is 108 cm³/mol. The average molecular weight is 398 g/mol. The lowest BCUT2D eigenvalue weighted by Crippen LogP contribution is -2.25. The average Bonchev–Trinajstić information content (AvgIpc) is 3.07. The zero-order chi connectivity index (χ0) is 19.7. The fourth-order valence-electron chi connectivity index (χ4n) is 3.67. The van der Waals surface area contributed by atoms with Gasteiger partial charge in [-0.2, -0.15) is 4.98 Å². The molecular weight excluding hydrogens is 362 g/mol. The third-order valence-corrected chi connectivity index (χ3v) is 5.36. The predicted octanol–water partition coefficient (Wildman–Crippen LogP) is 5.00. The zero-order valence-electron chi connectivity index (χ0n) is 17.3. The van der Waals surface area contributed by atoms with E-state index in [0.717, 1.165) is 18.8 Å². The maximum absolute atomic E-state index is 12.4. The van der Waals surface area contributed by atoms with Crippen molar-refractivity contribution in [1.82, 2.24) is 14.9 Å². The molecule has 6 nitrogen and oxygen atoms in total. The largest absolute Gasteiger partial charge is 0.460 e. The minimum Gasteiger partial charge on any atom is -0.460 e. The van der Waals surface area contributed by atoms with Gasteiger partial charge in [0.1, 0.15) is 5.60 Å². The first-order chi connectivity index (χ1) is 12.9. The van der Waals surface area contributed by atoms with E-state index in [1.165, 1.54) is 50.5 Å². The van der Waals surface area contributed by atoms with E-state index >= 15 is 0 Å². The molecule has 1 saturated carbocycles. The van der Waals surface area contributed by atoms with Crippen LogP contribution in [0.5, 0.6) is 0 Å². The summed E-state index contributed by atoms with van der Waals surface area (Å²) in [6.45, 7) is 6.22. The summed E-state index contributed by atoms with van der Waals surface area (Å²) in [5.41, 5.74) is -0.480. The molecule has 1 fully saturated rings. The molecule has 1 aliphatic carbocycles. The molecule has 7 heteroatoms. The first kappa shape index (κ1) is 22.2. The minimum atomic E-state index is -0.480. The molecule has 0 amide bonds. The summed E-state index contributed by atoms with van der Waals surface area (Å²) in [6.07, 6.45) is 12.2. The van der Waals surface area contributed by atoms with Crippen LogP contribution >= 0.6 is 11.9 Å². The summed E-state index contributed by atoms with van der Waals surface area (Å²) in [7, 11) is 0. The lowest BCUT2D eigenvalue weighted by molar-refractivity contribution is -0.155. The fraction of sp³-hybridized carbons (Fsp3) is 0.850. The number of esters is 1. The van der Waals surface area contributed by atoms with Crippen molar-refractivity contribution in [1.29, 1.82) is 0 Å². The lowest BCUT2D eigenvalue weighted by Gasteiger charge is -2.23. The van der Waals surface area contributed by atoms with Crippen molar-refractivity contribution >= 4 is 17.9 Å². The summed E-state index contributed by atoms with van der Waals surface area (Å²) in [6, 6.07) is 0. The van der Waals surface area contributed by atoms with Crippen LogP contribution < -0.4 is 4.72 Å². The van der Waals surface area contributed by atoms with Crippen molar-refractivity contribution in [2.75, 3.05) is 6.26 Å². The van der Waals surface area contributed by atoms with E-state index in [-0.39, 0.29) is 11.9 Å². The molecule has 0 saturated heterocycles. The van der Waals surface area contributed by atoms with E-state index in [9.17, 15) is 4.79 Å². The molecule has 0 aromatic carbocycles. The van der Waals surface area contributed by atoms with Gasteiger partial charge in [-0.25, -0.2) is 0 Å². The highest BCUT2D eigenvalue weighted by atomic mass is 32.2. The number of hydrogen-bond acceptors (Lipinski definition) is 7. The van der Waals surface area contributed by atoms with Crippen LogP contribution in [0.3, 0.4) is 0 Å². The normalized spacial score (nSPS) is 17.0. The third-order valence-electron chi connectivity index (χ3n) is 4.93. The smallest absolute Gasteiger partial charge is 0.307 e. The second kappa shape index (κ2) is 11.1. The summed E-state index contributed by atoms with van der Waals surface area (Å²) < 4.78 is 14.1. The first-order valence-corrected chi connectivity index (χ1v) is 11.4. The Morgan fingerprint density at radius 3 is 2.74 bits per heavy atom. The molecule has 1 atom stereocenters. The maximum atomic E-state index is 12.4. The lowest BCUT2D eigenvalue weighted by atomic mass is 9.84. The molecule has 1 aromatic rings. The Hall–Kier alpha value is -1.08. The molecule has 2 rings (SSSR count). The van der Waals surface area contributed by atoms with E-state index in [1.54, 1.807) is 0 Å². The van der Waals surface area contributed by atoms with Crippen molar-refractivity contribution in [2.45, 2.75) is 96.6 Å². The van der Waals surface area contributed by atoms with Gasteiger partial charge >= 0.3 is 5.97 Å². The number of carbonyl (C=O) groups is 1. The molecule has 0 radical (unpaired) electrons. The van der Waals surface area contributed by atoms with Gasteiger partial charge in [0, 0.05) is 5.92 Å². The standard InChI is InChI=1S/C20H35N3O3S/c1-20(2,3)25-18(24)13-16(12-8-11-15-9-6-5-7-10-15)19-22-17(23-26-19)14-21-27-4/h15-16,21H,5-14H2,1-4H3/t16-/m1/s1. The highest BCUT2D eigenvalue weighted by Crippen LogP contribution is 2.31. The van der Waals surface area contributed by atoms with Crippen molar-refractivity contribution < 1.29 is 14.1 Å². The molecular formula is C20H35N3O3S. The van der Waals surface area contributed by atoms with Gasteiger partial charge in [0.15, 0.2) is 5.82 Å². The van der Waals surface area contributed by atoms with Gasteiger partial charge in [-0.3, -0.25) is 9.52 Å². The van der Waals surface area contributed by atoms with Gasteiger partial charge in [0.05, 0.1) is 13.0 Å². The Balaban J connectivity index is 1.94. The van der Waals surface area contributed by atoms with E-state index < -0.39 is 5.60 Å². The van der Waals surface area contributed by atoms with Crippen molar-refractivity contribution in [3.63, 3.8) is 0 Å². The second-order valence-corrected chi connectivity index (χ2v) is 9.19. The molecule has 0 bridgehead atoms. The molecule has 1 heterocycles. The van der Waals surface area contributed by atoms with Crippen LogP contribution in [0.4, 0.5) is 0 Å². The fourth-order valence-corrected chi connectivity index (χ4v) is 3.94. The molecule has 0 aliphatic heterocycles. The van der Waals surface area contributed by atoms with Gasteiger partial charge in [0.2, 0.25) is 5.89 Å². The van der Waals surface area contributed by atoms with Gasteiger partial charge < -0.3 is 9.26 Å². The van der Waals surface area contributed by atoms with Crippen molar-refractivity contribution in [3.8, 4) is 0 Å². The van der Waals surface area contributed by atoms with Crippen molar-refractivity contribution in [3.05, 3.63) is 11.7 Å². The SMILES string of the molecule is CSNCc1noc([C@H](CCCC2CCCCC2)CC(=O)OC(C)(C)C)n1. The minimum absolute atomic E-state index is 0.0704. The molecule has 1 N–H and O–H groups in total. The summed E-state index contributed by atoms with van der Waals surface area (Å²) in [5.74, 6) is 1.75. The zero-order valence-corrected chi connectivity index (χ0v) is 18.1. The highest BCUT2D eigenvalue weighted by molar-refractivity contribution is 7.96. The third kappa shape index (κ3) is 8.64. The van der Waals surface area contributed by atoms with E-state index in [1.807, 2.05) is 27.0 Å². The number of aromatic nitrogens is 2. The van der Waals surface area contributed by atoms with Crippen LogP contribution in [0.15, 0.2) is 4.52 Å². The molecule has 27 heavy (non-hydrogen) atoms. The quantitative estimate of drug-likeness (QED) is 0.439. The Kier molecular flexibility index (Phi) is 9.09. The Labute approximate surface area is 167 Å². The number of nitrogens with zero attached hydrogens (tertiary/aromatic N) is 2. The van der Waals surface area contributed by atoms with Crippen LogP contribution in [0, 0.1) is 5.92 Å². The van der Waals surface area contributed by atoms with Gasteiger partial charge in [0.25, 0.3) is 0 Å². The molecule has 0 spiro atoms. The topological polar surface area (TPSA) is 77.2 Å². The second-order valence-electron chi connectivity index (χ2n) is 8.50. The van der Waals surface area contributed by atoms with E-state index in [0.29, 0.717) is 24.7 Å². The Morgan fingerprint density at radius 2 is 2.07 bits per heavy atom. The highest BCUT2D eigenvalue weighted by Gasteiger charge is 2.26. The molecule has 1 aliphatic rings. The monoisotopic (exact) mass is 397 g/mol. The van der Waals surface area contributed by atoms with Crippen LogP contribution in [0.25, 0.3) is 0 Å². The first-order valence-electron chi connectivity index (χ1n) is 10.2. The van der Waals surface area contributed by atoms with Crippen LogP contribution in [-0.2, 0) is 16.1 Å². The van der Waals surface area contributed by atoms with Crippen LogP contribution in [0.1, 0.15) is 96.2 Å².